The highest BCUT2D eigenvalue weighted by molar-refractivity contribution is 5.98. The van der Waals surface area contributed by atoms with Crippen LogP contribution in [0.15, 0.2) is 42.5 Å². The van der Waals surface area contributed by atoms with E-state index >= 15 is 0 Å². The zero-order valence-electron chi connectivity index (χ0n) is 11.6. The number of Topliss-reactive ketones (excluding diaryl/α,β-unsaturated/α-hetero) is 1. The molecule has 98 valence electrons. The van der Waals surface area contributed by atoms with Crippen LogP contribution in [0.4, 0.5) is 0 Å². The van der Waals surface area contributed by atoms with E-state index in [9.17, 15) is 4.79 Å². The van der Waals surface area contributed by atoms with Crippen LogP contribution in [0.3, 0.4) is 0 Å². The standard InChI is InChI=1S/C17H18O2/c1-12-6-4-7-13(2)16(12)11-17(18)14-8-5-9-15(10-14)19-3/h4-10H,11H2,1-3H3. The number of ketones is 1. The monoisotopic (exact) mass is 254 g/mol. The first-order valence-corrected chi connectivity index (χ1v) is 6.34. The Balaban J connectivity index is 2.25. The number of rotatable bonds is 4. The molecule has 0 aliphatic heterocycles. The topological polar surface area (TPSA) is 26.3 Å². The van der Waals surface area contributed by atoms with Gasteiger partial charge in [-0.3, -0.25) is 4.79 Å². The largest absolute Gasteiger partial charge is 0.497 e. The highest BCUT2D eigenvalue weighted by Gasteiger charge is 2.11. The fourth-order valence-electron chi connectivity index (χ4n) is 2.19. The molecule has 0 heterocycles. The van der Waals surface area contributed by atoms with E-state index in [4.69, 9.17) is 4.74 Å². The van der Waals surface area contributed by atoms with Crippen LogP contribution < -0.4 is 4.74 Å². The fraction of sp³-hybridized carbons (Fsp3) is 0.235. The first kappa shape index (κ1) is 13.3. The summed E-state index contributed by atoms with van der Waals surface area (Å²) in [6.07, 6.45) is 0.436. The Hall–Kier alpha value is -2.09. The van der Waals surface area contributed by atoms with E-state index in [2.05, 4.69) is 0 Å². The number of hydrogen-bond donors (Lipinski definition) is 0. The highest BCUT2D eigenvalue weighted by atomic mass is 16.5. The van der Waals surface area contributed by atoms with Gasteiger partial charge in [-0.25, -0.2) is 0 Å². The molecule has 0 aliphatic carbocycles. The average molecular weight is 254 g/mol. The molecule has 0 fully saturated rings. The molecule has 0 amide bonds. The lowest BCUT2D eigenvalue weighted by atomic mass is 9.95. The van der Waals surface area contributed by atoms with E-state index in [0.717, 1.165) is 16.7 Å². The van der Waals surface area contributed by atoms with Crippen molar-refractivity contribution in [1.29, 1.82) is 0 Å². The molecule has 0 N–H and O–H groups in total. The van der Waals surface area contributed by atoms with Crippen LogP contribution in [0.5, 0.6) is 5.75 Å². The third-order valence-corrected chi connectivity index (χ3v) is 3.37. The third kappa shape index (κ3) is 3.02. The predicted octanol–water partition coefficient (Wildman–Crippen LogP) is 3.74. The molecule has 2 nitrogen and oxygen atoms in total. The lowest BCUT2D eigenvalue weighted by Gasteiger charge is -2.09. The van der Waals surface area contributed by atoms with Crippen molar-refractivity contribution < 1.29 is 9.53 Å². The van der Waals surface area contributed by atoms with Crippen molar-refractivity contribution >= 4 is 5.78 Å². The lowest BCUT2D eigenvalue weighted by molar-refractivity contribution is 0.0992. The summed E-state index contributed by atoms with van der Waals surface area (Å²) in [5.74, 6) is 0.837. The van der Waals surface area contributed by atoms with Crippen LogP contribution in [0.2, 0.25) is 0 Å². The van der Waals surface area contributed by atoms with Crippen LogP contribution in [0.1, 0.15) is 27.0 Å². The van der Waals surface area contributed by atoms with Crippen molar-refractivity contribution in [2.45, 2.75) is 20.3 Å². The third-order valence-electron chi connectivity index (χ3n) is 3.37. The van der Waals surface area contributed by atoms with E-state index in [-0.39, 0.29) is 5.78 Å². The summed E-state index contributed by atoms with van der Waals surface area (Å²) in [4.78, 5) is 12.3. The molecule has 0 aromatic heterocycles. The summed E-state index contributed by atoms with van der Waals surface area (Å²) in [7, 11) is 1.61. The number of methoxy groups -OCH3 is 1. The summed E-state index contributed by atoms with van der Waals surface area (Å²) >= 11 is 0. The van der Waals surface area contributed by atoms with Gasteiger partial charge in [0.1, 0.15) is 5.75 Å². The molecule has 0 bridgehead atoms. The van der Waals surface area contributed by atoms with Gasteiger partial charge in [-0.15, -0.1) is 0 Å². The summed E-state index contributed by atoms with van der Waals surface area (Å²) < 4.78 is 5.15. The molecular weight excluding hydrogens is 236 g/mol. The number of carbonyl (C=O) groups is 1. The van der Waals surface area contributed by atoms with Crippen molar-refractivity contribution in [2.24, 2.45) is 0 Å². The molecule has 0 aliphatic rings. The minimum Gasteiger partial charge on any atom is -0.497 e. The molecule has 0 saturated heterocycles. The molecular formula is C17H18O2. The van der Waals surface area contributed by atoms with E-state index in [1.54, 1.807) is 13.2 Å². The smallest absolute Gasteiger partial charge is 0.167 e. The zero-order chi connectivity index (χ0) is 13.8. The maximum atomic E-state index is 12.3. The molecule has 0 unspecified atom stereocenters. The molecule has 2 aromatic carbocycles. The number of hydrogen-bond acceptors (Lipinski definition) is 2. The van der Waals surface area contributed by atoms with Crippen molar-refractivity contribution in [3.63, 3.8) is 0 Å². The molecule has 19 heavy (non-hydrogen) atoms. The summed E-state index contributed by atoms with van der Waals surface area (Å²) in [5, 5.41) is 0. The zero-order valence-corrected chi connectivity index (χ0v) is 11.6. The fourth-order valence-corrected chi connectivity index (χ4v) is 2.19. The molecule has 2 rings (SSSR count). The van der Waals surface area contributed by atoms with Crippen molar-refractivity contribution in [3.05, 3.63) is 64.7 Å². The number of aryl methyl sites for hydroxylation is 2. The lowest BCUT2D eigenvalue weighted by Crippen LogP contribution is -2.06. The normalized spacial score (nSPS) is 10.3. The van der Waals surface area contributed by atoms with Gasteiger partial charge in [-0.2, -0.15) is 0 Å². The molecule has 2 heteroatoms. The van der Waals surface area contributed by atoms with Crippen LogP contribution in [0, 0.1) is 13.8 Å². The van der Waals surface area contributed by atoms with E-state index in [1.165, 1.54) is 0 Å². The van der Waals surface area contributed by atoms with E-state index < -0.39 is 0 Å². The van der Waals surface area contributed by atoms with Crippen molar-refractivity contribution in [2.75, 3.05) is 7.11 Å². The Morgan fingerprint density at radius 2 is 1.68 bits per heavy atom. The van der Waals surface area contributed by atoms with Crippen LogP contribution in [-0.4, -0.2) is 12.9 Å². The molecule has 0 spiro atoms. The Morgan fingerprint density at radius 3 is 2.32 bits per heavy atom. The average Bonchev–Trinajstić information content (AvgIpc) is 2.43. The van der Waals surface area contributed by atoms with Crippen LogP contribution in [-0.2, 0) is 6.42 Å². The van der Waals surface area contributed by atoms with Gasteiger partial charge >= 0.3 is 0 Å². The maximum absolute atomic E-state index is 12.3. The van der Waals surface area contributed by atoms with Crippen molar-refractivity contribution in [1.82, 2.24) is 0 Å². The van der Waals surface area contributed by atoms with Gasteiger partial charge < -0.3 is 4.74 Å². The summed E-state index contributed by atoms with van der Waals surface area (Å²) in [6.45, 7) is 4.09. The molecule has 2 aromatic rings. The quantitative estimate of drug-likeness (QED) is 0.777. The Bertz CT molecular complexity index is 580. The Labute approximate surface area is 114 Å². The van der Waals surface area contributed by atoms with Crippen molar-refractivity contribution in [3.8, 4) is 5.75 Å². The minimum atomic E-state index is 0.122. The maximum Gasteiger partial charge on any atom is 0.167 e. The number of benzene rings is 2. The van der Waals surface area contributed by atoms with Gasteiger partial charge in [0.15, 0.2) is 5.78 Å². The van der Waals surface area contributed by atoms with E-state index in [0.29, 0.717) is 17.7 Å². The number of ether oxygens (including phenoxy) is 1. The van der Waals surface area contributed by atoms with Gasteiger partial charge in [0.25, 0.3) is 0 Å². The predicted molar refractivity (Wildman–Crippen MR) is 76.9 cm³/mol. The Kier molecular flexibility index (Phi) is 4.00. The minimum absolute atomic E-state index is 0.122. The Morgan fingerprint density at radius 1 is 1.05 bits per heavy atom. The molecule has 0 radical (unpaired) electrons. The molecule has 0 saturated carbocycles. The second kappa shape index (κ2) is 5.70. The van der Waals surface area contributed by atoms with Crippen LogP contribution in [0.25, 0.3) is 0 Å². The summed E-state index contributed by atoms with van der Waals surface area (Å²) in [6, 6.07) is 13.4. The highest BCUT2D eigenvalue weighted by Crippen LogP contribution is 2.18. The second-order valence-electron chi connectivity index (χ2n) is 4.70. The summed E-state index contributed by atoms with van der Waals surface area (Å²) in [5.41, 5.74) is 4.14. The SMILES string of the molecule is COc1cccc(C(=O)Cc2c(C)cccc2C)c1. The first-order valence-electron chi connectivity index (χ1n) is 6.34. The van der Waals surface area contributed by atoms with Crippen LogP contribution >= 0.6 is 0 Å². The van der Waals surface area contributed by atoms with Gasteiger partial charge in [0.05, 0.1) is 7.11 Å². The van der Waals surface area contributed by atoms with Gasteiger partial charge in [0.2, 0.25) is 0 Å². The molecule has 0 atom stereocenters. The second-order valence-corrected chi connectivity index (χ2v) is 4.70. The number of carbonyl (C=O) groups excluding carboxylic acids is 1. The van der Waals surface area contributed by atoms with Gasteiger partial charge in [-0.1, -0.05) is 30.3 Å². The van der Waals surface area contributed by atoms with Gasteiger partial charge in [0, 0.05) is 12.0 Å². The van der Waals surface area contributed by atoms with E-state index in [1.807, 2.05) is 50.2 Å². The first-order chi connectivity index (χ1) is 9.11. The van der Waals surface area contributed by atoms with Gasteiger partial charge in [-0.05, 0) is 42.7 Å².